The maximum atomic E-state index is 13.0. The number of likely N-dealkylation sites (N-methyl/N-ethyl adjacent to an activating group) is 1. The van der Waals surface area contributed by atoms with Gasteiger partial charge >= 0.3 is 6.18 Å². The summed E-state index contributed by atoms with van der Waals surface area (Å²) < 4.78 is 38.9. The van der Waals surface area contributed by atoms with Gasteiger partial charge < -0.3 is 5.11 Å². The summed E-state index contributed by atoms with van der Waals surface area (Å²) in [4.78, 5) is 1.71. The second-order valence-electron chi connectivity index (χ2n) is 5.70. The van der Waals surface area contributed by atoms with Gasteiger partial charge in [-0.05, 0) is 30.7 Å². The Morgan fingerprint density at radius 3 is 2.26 bits per heavy atom. The number of aliphatic hydroxyl groups is 1. The minimum atomic E-state index is -4.36. The van der Waals surface area contributed by atoms with E-state index in [1.165, 1.54) is 12.1 Å². The Morgan fingerprint density at radius 1 is 1.00 bits per heavy atom. The SMILES string of the molecule is CN(Cc1ccccc1C(F)(F)F)CC(O)Cc1ccccc1. The number of halogens is 3. The molecule has 2 aromatic carbocycles. The zero-order valence-electron chi connectivity index (χ0n) is 12.9. The second kappa shape index (κ2) is 7.62. The normalized spacial score (nSPS) is 13.3. The van der Waals surface area contributed by atoms with Crippen LogP contribution in [0.15, 0.2) is 54.6 Å². The third kappa shape index (κ3) is 5.37. The van der Waals surface area contributed by atoms with Crippen molar-refractivity contribution in [2.75, 3.05) is 13.6 Å². The summed E-state index contributed by atoms with van der Waals surface area (Å²) in [6.07, 6.45) is -4.51. The molecule has 0 amide bonds. The van der Waals surface area contributed by atoms with E-state index in [9.17, 15) is 18.3 Å². The molecule has 23 heavy (non-hydrogen) atoms. The highest BCUT2D eigenvalue weighted by molar-refractivity contribution is 5.29. The van der Waals surface area contributed by atoms with E-state index in [1.807, 2.05) is 30.3 Å². The van der Waals surface area contributed by atoms with Crippen molar-refractivity contribution in [2.24, 2.45) is 0 Å². The molecule has 0 aliphatic rings. The first-order valence-corrected chi connectivity index (χ1v) is 7.42. The summed E-state index contributed by atoms with van der Waals surface area (Å²) in [5.41, 5.74) is 0.600. The van der Waals surface area contributed by atoms with Crippen molar-refractivity contribution in [3.63, 3.8) is 0 Å². The van der Waals surface area contributed by atoms with Gasteiger partial charge in [-0.15, -0.1) is 0 Å². The van der Waals surface area contributed by atoms with Crippen LogP contribution in [-0.4, -0.2) is 29.7 Å². The topological polar surface area (TPSA) is 23.5 Å². The highest BCUT2D eigenvalue weighted by Crippen LogP contribution is 2.32. The van der Waals surface area contributed by atoms with E-state index in [4.69, 9.17) is 0 Å². The van der Waals surface area contributed by atoms with Gasteiger partial charge in [0.2, 0.25) is 0 Å². The Labute approximate surface area is 134 Å². The van der Waals surface area contributed by atoms with Crippen molar-refractivity contribution in [2.45, 2.75) is 25.2 Å². The Kier molecular flexibility index (Phi) is 5.80. The molecule has 0 aliphatic heterocycles. The van der Waals surface area contributed by atoms with E-state index >= 15 is 0 Å². The van der Waals surface area contributed by atoms with E-state index in [0.717, 1.165) is 11.6 Å². The fourth-order valence-corrected chi connectivity index (χ4v) is 2.60. The fraction of sp³-hybridized carbons (Fsp3) is 0.333. The number of nitrogens with zero attached hydrogens (tertiary/aromatic N) is 1. The summed E-state index contributed by atoms with van der Waals surface area (Å²) >= 11 is 0. The lowest BCUT2D eigenvalue weighted by atomic mass is 10.1. The van der Waals surface area contributed by atoms with Crippen LogP contribution in [0.3, 0.4) is 0 Å². The van der Waals surface area contributed by atoms with Gasteiger partial charge in [-0.3, -0.25) is 4.90 Å². The lowest BCUT2D eigenvalue weighted by Gasteiger charge is -2.22. The van der Waals surface area contributed by atoms with Crippen LogP contribution in [0.1, 0.15) is 16.7 Å². The Hall–Kier alpha value is -1.85. The molecule has 1 unspecified atom stereocenters. The van der Waals surface area contributed by atoms with Gasteiger partial charge in [0, 0.05) is 13.1 Å². The summed E-state index contributed by atoms with van der Waals surface area (Å²) in [5.74, 6) is 0. The first-order valence-electron chi connectivity index (χ1n) is 7.42. The monoisotopic (exact) mass is 323 g/mol. The zero-order valence-corrected chi connectivity index (χ0v) is 12.9. The smallest absolute Gasteiger partial charge is 0.391 e. The Bertz CT molecular complexity index is 613. The first-order chi connectivity index (χ1) is 10.9. The highest BCUT2D eigenvalue weighted by atomic mass is 19.4. The lowest BCUT2D eigenvalue weighted by Crippen LogP contribution is -2.30. The maximum absolute atomic E-state index is 13.0. The summed E-state index contributed by atoms with van der Waals surface area (Å²) in [7, 11) is 1.71. The summed E-state index contributed by atoms with van der Waals surface area (Å²) in [6, 6.07) is 15.1. The molecular weight excluding hydrogens is 303 g/mol. The van der Waals surface area contributed by atoms with Crippen LogP contribution in [0.5, 0.6) is 0 Å². The van der Waals surface area contributed by atoms with Crippen molar-refractivity contribution >= 4 is 0 Å². The molecule has 0 heterocycles. The number of hydrogen-bond acceptors (Lipinski definition) is 2. The standard InChI is InChI=1S/C18H20F3NO/c1-22(13-16(23)11-14-7-3-2-4-8-14)12-15-9-5-6-10-17(15)18(19,20)21/h2-10,16,23H,11-13H2,1H3. The predicted octanol–water partition coefficient (Wildman–Crippen LogP) is 3.74. The second-order valence-corrected chi connectivity index (χ2v) is 5.70. The molecule has 0 spiro atoms. The third-order valence-electron chi connectivity index (χ3n) is 3.60. The predicted molar refractivity (Wildman–Crippen MR) is 83.9 cm³/mol. The van der Waals surface area contributed by atoms with Crippen molar-refractivity contribution in [3.05, 3.63) is 71.3 Å². The van der Waals surface area contributed by atoms with Crippen LogP contribution in [0, 0.1) is 0 Å². The summed E-state index contributed by atoms with van der Waals surface area (Å²) in [6.45, 7) is 0.447. The van der Waals surface area contributed by atoms with Gasteiger partial charge in [0.25, 0.3) is 0 Å². The van der Waals surface area contributed by atoms with E-state index in [-0.39, 0.29) is 12.1 Å². The minimum absolute atomic E-state index is 0.140. The van der Waals surface area contributed by atoms with Gasteiger partial charge in [0.05, 0.1) is 11.7 Å². The summed E-state index contributed by atoms with van der Waals surface area (Å²) in [5, 5.41) is 10.1. The number of rotatable bonds is 6. The van der Waals surface area contributed by atoms with Crippen LogP contribution in [0.2, 0.25) is 0 Å². The van der Waals surface area contributed by atoms with Crippen LogP contribution >= 0.6 is 0 Å². The van der Waals surface area contributed by atoms with Crippen molar-refractivity contribution in [3.8, 4) is 0 Å². The molecule has 0 aliphatic carbocycles. The van der Waals surface area contributed by atoms with Crippen LogP contribution in [0.4, 0.5) is 13.2 Å². The molecule has 0 saturated heterocycles. The molecule has 2 aromatic rings. The molecule has 0 radical (unpaired) electrons. The van der Waals surface area contributed by atoms with Gasteiger partial charge in [-0.25, -0.2) is 0 Å². The molecule has 0 bridgehead atoms. The van der Waals surface area contributed by atoms with E-state index in [0.29, 0.717) is 13.0 Å². The molecule has 2 rings (SSSR count). The first kappa shape index (κ1) is 17.5. The maximum Gasteiger partial charge on any atom is 0.416 e. The van der Waals surface area contributed by atoms with E-state index in [2.05, 4.69) is 0 Å². The van der Waals surface area contributed by atoms with Gasteiger partial charge in [0.1, 0.15) is 0 Å². The molecule has 0 fully saturated rings. The van der Waals surface area contributed by atoms with Crippen LogP contribution in [0.25, 0.3) is 0 Å². The largest absolute Gasteiger partial charge is 0.416 e. The third-order valence-corrected chi connectivity index (χ3v) is 3.60. The molecular formula is C18H20F3NO. The molecule has 0 saturated carbocycles. The molecule has 1 atom stereocenters. The van der Waals surface area contributed by atoms with Crippen LogP contribution < -0.4 is 0 Å². The van der Waals surface area contributed by atoms with Crippen molar-refractivity contribution in [1.82, 2.24) is 4.90 Å². The van der Waals surface area contributed by atoms with Crippen molar-refractivity contribution < 1.29 is 18.3 Å². The van der Waals surface area contributed by atoms with Gasteiger partial charge in [-0.2, -0.15) is 13.2 Å². The number of aliphatic hydroxyl groups excluding tert-OH is 1. The molecule has 2 nitrogen and oxygen atoms in total. The van der Waals surface area contributed by atoms with Crippen molar-refractivity contribution in [1.29, 1.82) is 0 Å². The van der Waals surface area contributed by atoms with Gasteiger partial charge in [0.15, 0.2) is 0 Å². The number of hydrogen-bond donors (Lipinski definition) is 1. The molecule has 5 heteroatoms. The fourth-order valence-electron chi connectivity index (χ4n) is 2.60. The Balaban J connectivity index is 1.96. The lowest BCUT2D eigenvalue weighted by molar-refractivity contribution is -0.138. The average molecular weight is 323 g/mol. The average Bonchev–Trinajstić information content (AvgIpc) is 2.47. The number of alkyl halides is 3. The van der Waals surface area contributed by atoms with E-state index in [1.54, 1.807) is 18.0 Å². The minimum Gasteiger partial charge on any atom is -0.391 e. The zero-order chi connectivity index (χ0) is 16.9. The van der Waals surface area contributed by atoms with Crippen LogP contribution in [-0.2, 0) is 19.1 Å². The molecule has 124 valence electrons. The van der Waals surface area contributed by atoms with Gasteiger partial charge in [-0.1, -0.05) is 48.5 Å². The van der Waals surface area contributed by atoms with E-state index < -0.39 is 17.8 Å². The quantitative estimate of drug-likeness (QED) is 0.875. The number of benzene rings is 2. The molecule has 1 N–H and O–H groups in total. The Morgan fingerprint density at radius 2 is 1.61 bits per heavy atom. The molecule has 0 aromatic heterocycles. The highest BCUT2D eigenvalue weighted by Gasteiger charge is 2.33.